The van der Waals surface area contributed by atoms with Crippen molar-refractivity contribution in [2.75, 3.05) is 18.8 Å². The normalized spacial score (nSPS) is 22.7. The van der Waals surface area contributed by atoms with Gasteiger partial charge >= 0.3 is 0 Å². The topological polar surface area (TPSA) is 71.5 Å². The summed E-state index contributed by atoms with van der Waals surface area (Å²) in [6, 6.07) is 6.58. The first kappa shape index (κ1) is 17.4. The number of rotatable bonds is 3. The molecular weight excluding hydrogens is 398 g/mol. The summed E-state index contributed by atoms with van der Waals surface area (Å²) < 4.78 is 52.0. The quantitative estimate of drug-likeness (QED) is 0.778. The van der Waals surface area contributed by atoms with Gasteiger partial charge in [-0.25, -0.2) is 16.8 Å². The predicted molar refractivity (Wildman–Crippen MR) is 93.6 cm³/mol. The average molecular weight is 412 g/mol. The molecule has 0 bridgehead atoms. The number of sulfone groups is 1. The molecule has 0 unspecified atom stereocenters. The number of hydrogen-bond acceptors (Lipinski definition) is 6. The molecule has 1 aliphatic heterocycles. The van der Waals surface area contributed by atoms with Crippen molar-refractivity contribution < 1.29 is 16.8 Å². The molecule has 1 fully saturated rings. The highest BCUT2D eigenvalue weighted by Gasteiger charge is 2.36. The van der Waals surface area contributed by atoms with Crippen LogP contribution in [0.5, 0.6) is 0 Å². The van der Waals surface area contributed by atoms with E-state index in [1.807, 2.05) is 11.4 Å². The lowest BCUT2D eigenvalue weighted by Crippen LogP contribution is -2.33. The number of thiophene rings is 2. The molecule has 0 aromatic carbocycles. The molecule has 0 amide bonds. The molecule has 1 aliphatic rings. The third kappa shape index (κ3) is 3.49. The standard InChI is InChI=1S/C13H14ClNO4S4/c14-12-3-4-13(21-12)23(18,19)15-6-5-11(10-2-1-8-20-10)22(16,17)9-7-15/h1-4,8,11H,5-7,9H2/t11-/m0/s1. The van der Waals surface area contributed by atoms with Gasteiger partial charge in [-0.2, -0.15) is 4.31 Å². The number of sulfonamides is 1. The second-order valence-corrected chi connectivity index (χ2v) is 12.3. The third-order valence-corrected chi connectivity index (χ3v) is 10.5. The summed E-state index contributed by atoms with van der Waals surface area (Å²) in [5.41, 5.74) is 0. The highest BCUT2D eigenvalue weighted by atomic mass is 35.5. The Balaban J connectivity index is 1.88. The molecule has 0 spiro atoms. The predicted octanol–water partition coefficient (Wildman–Crippen LogP) is 3.01. The minimum absolute atomic E-state index is 0.0257. The zero-order chi connectivity index (χ0) is 16.7. The van der Waals surface area contributed by atoms with Crippen LogP contribution in [0.4, 0.5) is 0 Å². The van der Waals surface area contributed by atoms with Gasteiger partial charge in [0.05, 0.1) is 15.3 Å². The molecule has 3 heterocycles. The molecule has 1 atom stereocenters. The minimum Gasteiger partial charge on any atom is -0.228 e. The maximum Gasteiger partial charge on any atom is 0.252 e. The Morgan fingerprint density at radius 2 is 2.00 bits per heavy atom. The zero-order valence-electron chi connectivity index (χ0n) is 11.9. The second kappa shape index (κ2) is 6.45. The molecule has 0 aliphatic carbocycles. The Bertz CT molecular complexity index is 886. The molecule has 0 N–H and O–H groups in total. The molecule has 2 aromatic rings. The van der Waals surface area contributed by atoms with Crippen LogP contribution < -0.4 is 0 Å². The first-order valence-corrected chi connectivity index (χ1v) is 12.0. The Morgan fingerprint density at radius 1 is 1.22 bits per heavy atom. The van der Waals surface area contributed by atoms with Gasteiger partial charge in [0.15, 0.2) is 9.84 Å². The van der Waals surface area contributed by atoms with Crippen LogP contribution in [-0.4, -0.2) is 40.0 Å². The molecule has 126 valence electrons. The molecule has 2 aromatic heterocycles. The van der Waals surface area contributed by atoms with E-state index in [-0.39, 0.29) is 29.5 Å². The fourth-order valence-corrected chi connectivity index (χ4v) is 8.73. The SMILES string of the molecule is O=S1(=O)CCN(S(=O)(=O)c2ccc(Cl)s2)CC[C@H]1c1cccs1. The Morgan fingerprint density at radius 3 is 2.61 bits per heavy atom. The molecule has 10 heteroatoms. The van der Waals surface area contributed by atoms with Gasteiger partial charge < -0.3 is 0 Å². The second-order valence-electron chi connectivity index (χ2n) is 5.12. The Labute approximate surface area is 148 Å². The lowest BCUT2D eigenvalue weighted by Gasteiger charge is -2.18. The Hall–Kier alpha value is -0.450. The van der Waals surface area contributed by atoms with Gasteiger partial charge in [-0.15, -0.1) is 22.7 Å². The van der Waals surface area contributed by atoms with Crippen LogP contribution in [0.15, 0.2) is 33.9 Å². The van der Waals surface area contributed by atoms with Crippen molar-refractivity contribution in [3.63, 3.8) is 0 Å². The van der Waals surface area contributed by atoms with Crippen LogP contribution in [-0.2, 0) is 19.9 Å². The lowest BCUT2D eigenvalue weighted by molar-refractivity contribution is 0.430. The van der Waals surface area contributed by atoms with Gasteiger partial charge in [0.1, 0.15) is 4.21 Å². The molecule has 3 rings (SSSR count). The van der Waals surface area contributed by atoms with E-state index in [1.165, 1.54) is 27.8 Å². The van der Waals surface area contributed by atoms with Gasteiger partial charge in [-0.3, -0.25) is 0 Å². The van der Waals surface area contributed by atoms with Gasteiger partial charge in [-0.05, 0) is 30.0 Å². The first-order chi connectivity index (χ1) is 10.8. The highest BCUT2D eigenvalue weighted by molar-refractivity contribution is 7.92. The van der Waals surface area contributed by atoms with Crippen LogP contribution >= 0.6 is 34.3 Å². The largest absolute Gasteiger partial charge is 0.252 e. The fourth-order valence-electron chi connectivity index (χ4n) is 2.52. The summed E-state index contributed by atoms with van der Waals surface area (Å²) in [7, 11) is -7.07. The lowest BCUT2D eigenvalue weighted by atomic mass is 10.2. The summed E-state index contributed by atoms with van der Waals surface area (Å²) in [5.74, 6) is -0.173. The van der Waals surface area contributed by atoms with Crippen LogP contribution in [0, 0.1) is 0 Å². The summed E-state index contributed by atoms with van der Waals surface area (Å²) in [4.78, 5) is 0.767. The summed E-state index contributed by atoms with van der Waals surface area (Å²) in [5, 5.41) is 1.20. The number of nitrogens with zero attached hydrogens (tertiary/aromatic N) is 1. The van der Waals surface area contributed by atoms with Crippen LogP contribution in [0.25, 0.3) is 0 Å². The first-order valence-electron chi connectivity index (χ1n) is 6.81. The molecule has 1 saturated heterocycles. The van der Waals surface area contributed by atoms with E-state index in [1.54, 1.807) is 6.07 Å². The molecule has 0 saturated carbocycles. The van der Waals surface area contributed by atoms with Crippen molar-refractivity contribution in [3.8, 4) is 0 Å². The Kier molecular flexibility index (Phi) is 4.88. The van der Waals surface area contributed by atoms with Crippen molar-refractivity contribution >= 4 is 54.1 Å². The van der Waals surface area contributed by atoms with Crippen molar-refractivity contribution in [1.29, 1.82) is 0 Å². The monoisotopic (exact) mass is 411 g/mol. The van der Waals surface area contributed by atoms with E-state index in [0.29, 0.717) is 4.34 Å². The zero-order valence-corrected chi connectivity index (χ0v) is 15.9. The van der Waals surface area contributed by atoms with E-state index >= 15 is 0 Å². The summed E-state index contributed by atoms with van der Waals surface area (Å²) in [6.07, 6.45) is 0.265. The molecule has 5 nitrogen and oxygen atoms in total. The summed E-state index contributed by atoms with van der Waals surface area (Å²) in [6.45, 7) is 0.154. The minimum atomic E-state index is -3.70. The van der Waals surface area contributed by atoms with Gasteiger partial charge in [0, 0.05) is 18.0 Å². The molecular formula is C13H14ClNO4S4. The third-order valence-electron chi connectivity index (χ3n) is 3.70. The van der Waals surface area contributed by atoms with Gasteiger partial charge in [-0.1, -0.05) is 17.7 Å². The fraction of sp³-hybridized carbons (Fsp3) is 0.385. The van der Waals surface area contributed by atoms with Crippen molar-refractivity contribution in [2.45, 2.75) is 15.9 Å². The van der Waals surface area contributed by atoms with E-state index in [2.05, 4.69) is 0 Å². The van der Waals surface area contributed by atoms with Gasteiger partial charge in [0.25, 0.3) is 10.0 Å². The maximum atomic E-state index is 12.6. The maximum absolute atomic E-state index is 12.6. The van der Waals surface area contributed by atoms with Crippen LogP contribution in [0.3, 0.4) is 0 Å². The number of hydrogen-bond donors (Lipinski definition) is 0. The van der Waals surface area contributed by atoms with E-state index in [4.69, 9.17) is 11.6 Å². The summed E-state index contributed by atoms with van der Waals surface area (Å²) >= 11 is 8.18. The van der Waals surface area contributed by atoms with Gasteiger partial charge in [0.2, 0.25) is 0 Å². The van der Waals surface area contributed by atoms with Crippen LogP contribution in [0.1, 0.15) is 16.5 Å². The van der Waals surface area contributed by atoms with Crippen molar-refractivity contribution in [1.82, 2.24) is 4.31 Å². The smallest absolute Gasteiger partial charge is 0.228 e. The number of halogens is 1. The molecule has 0 radical (unpaired) electrons. The van der Waals surface area contributed by atoms with Crippen molar-refractivity contribution in [3.05, 3.63) is 38.9 Å². The van der Waals surface area contributed by atoms with Crippen molar-refractivity contribution in [2.24, 2.45) is 0 Å². The van der Waals surface area contributed by atoms with E-state index < -0.39 is 25.1 Å². The van der Waals surface area contributed by atoms with E-state index in [0.717, 1.165) is 16.2 Å². The van der Waals surface area contributed by atoms with E-state index in [9.17, 15) is 16.8 Å². The average Bonchev–Trinajstić information content (AvgIpc) is 3.10. The molecule has 23 heavy (non-hydrogen) atoms. The van der Waals surface area contributed by atoms with Crippen LogP contribution in [0.2, 0.25) is 4.34 Å². The highest BCUT2D eigenvalue weighted by Crippen LogP contribution is 2.35.